The Hall–Kier alpha value is -1.06. The molecule has 0 saturated carbocycles. The lowest BCUT2D eigenvalue weighted by Gasteiger charge is -2.25. The molecule has 1 aromatic heterocycles. The Morgan fingerprint density at radius 2 is 1.95 bits per heavy atom. The molecule has 0 amide bonds. The minimum Gasteiger partial charge on any atom is -0.367 e. The van der Waals surface area contributed by atoms with Gasteiger partial charge in [0.2, 0.25) is 0 Å². The van der Waals surface area contributed by atoms with Gasteiger partial charge in [-0.2, -0.15) is 0 Å². The zero-order valence-corrected chi connectivity index (χ0v) is 13.2. The van der Waals surface area contributed by atoms with Crippen molar-refractivity contribution in [2.45, 2.75) is 18.8 Å². The van der Waals surface area contributed by atoms with Crippen molar-refractivity contribution in [2.75, 3.05) is 11.4 Å². The Labute approximate surface area is 127 Å². The minimum atomic E-state index is 0.771. The Balaban J connectivity index is 2.29. The first kappa shape index (κ1) is 14.4. The summed E-state index contributed by atoms with van der Waals surface area (Å²) in [5.74, 6) is 0. The lowest BCUT2D eigenvalue weighted by atomic mass is 10.1. The molecule has 0 spiro atoms. The maximum absolute atomic E-state index is 6.13. The first-order chi connectivity index (χ1) is 9.24. The molecule has 100 valence electrons. The summed E-state index contributed by atoms with van der Waals surface area (Å²) in [6.45, 7) is 3.95. The second-order valence-electron chi connectivity index (χ2n) is 4.28. The molecule has 0 aliphatic rings. The fourth-order valence-electron chi connectivity index (χ4n) is 2.02. The molecule has 0 saturated heterocycles. The normalized spacial score (nSPS) is 10.5. The first-order valence-corrected chi connectivity index (χ1v) is 7.72. The largest absolute Gasteiger partial charge is 0.367 e. The Morgan fingerprint density at radius 3 is 2.58 bits per heavy atom. The number of nitrogens with zero attached hydrogens (tertiary/aromatic N) is 2. The standard InChI is InChI=1S/C15H16BrClN2/c1-2-19(11-12-5-7-18-8-6-12)15-9-14(17)4-3-13(15)10-16/h3-9H,2,10-11H2,1H3. The number of benzene rings is 1. The highest BCUT2D eigenvalue weighted by Crippen LogP contribution is 2.27. The molecular weight excluding hydrogens is 324 g/mol. The van der Waals surface area contributed by atoms with Crippen LogP contribution in [0.15, 0.2) is 42.7 Å². The Morgan fingerprint density at radius 1 is 1.21 bits per heavy atom. The number of rotatable bonds is 5. The highest BCUT2D eigenvalue weighted by Gasteiger charge is 2.10. The van der Waals surface area contributed by atoms with Gasteiger partial charge >= 0.3 is 0 Å². The monoisotopic (exact) mass is 338 g/mol. The maximum Gasteiger partial charge on any atom is 0.0430 e. The summed E-state index contributed by atoms with van der Waals surface area (Å²) in [5, 5.41) is 1.60. The average molecular weight is 340 g/mol. The van der Waals surface area contributed by atoms with Gasteiger partial charge in [0.25, 0.3) is 0 Å². The second kappa shape index (κ2) is 6.92. The first-order valence-electron chi connectivity index (χ1n) is 6.22. The number of anilines is 1. The third-order valence-electron chi connectivity index (χ3n) is 3.04. The van der Waals surface area contributed by atoms with Crippen molar-refractivity contribution in [3.63, 3.8) is 0 Å². The molecule has 19 heavy (non-hydrogen) atoms. The molecular formula is C15H16BrClN2. The molecule has 0 N–H and O–H groups in total. The van der Waals surface area contributed by atoms with Gasteiger partial charge in [-0.1, -0.05) is 33.6 Å². The highest BCUT2D eigenvalue weighted by atomic mass is 79.9. The van der Waals surface area contributed by atoms with Crippen LogP contribution in [0.25, 0.3) is 0 Å². The van der Waals surface area contributed by atoms with E-state index in [1.54, 1.807) is 0 Å². The summed E-state index contributed by atoms with van der Waals surface area (Å²) < 4.78 is 0. The Bertz CT molecular complexity index is 531. The van der Waals surface area contributed by atoms with E-state index in [2.05, 4.69) is 38.8 Å². The van der Waals surface area contributed by atoms with Gasteiger partial charge in [0.05, 0.1) is 0 Å². The SMILES string of the molecule is CCN(Cc1ccncc1)c1cc(Cl)ccc1CBr. The summed E-state index contributed by atoms with van der Waals surface area (Å²) in [5.41, 5.74) is 3.68. The van der Waals surface area contributed by atoms with Crippen LogP contribution in [-0.4, -0.2) is 11.5 Å². The molecule has 0 atom stereocenters. The zero-order chi connectivity index (χ0) is 13.7. The molecule has 0 fully saturated rings. The van der Waals surface area contributed by atoms with Crippen molar-refractivity contribution in [2.24, 2.45) is 0 Å². The van der Waals surface area contributed by atoms with Gasteiger partial charge in [0.15, 0.2) is 0 Å². The van der Waals surface area contributed by atoms with Crippen LogP contribution in [0.5, 0.6) is 0 Å². The van der Waals surface area contributed by atoms with E-state index in [4.69, 9.17) is 11.6 Å². The molecule has 0 radical (unpaired) electrons. The third kappa shape index (κ3) is 3.71. The van der Waals surface area contributed by atoms with E-state index in [1.165, 1.54) is 16.8 Å². The molecule has 2 nitrogen and oxygen atoms in total. The molecule has 2 rings (SSSR count). The van der Waals surface area contributed by atoms with E-state index in [1.807, 2.05) is 36.7 Å². The number of hydrogen-bond acceptors (Lipinski definition) is 2. The van der Waals surface area contributed by atoms with Gasteiger partial charge in [0, 0.05) is 41.5 Å². The smallest absolute Gasteiger partial charge is 0.0430 e. The predicted octanol–water partition coefficient (Wildman–Crippen LogP) is 4.66. The predicted molar refractivity (Wildman–Crippen MR) is 85.0 cm³/mol. The zero-order valence-electron chi connectivity index (χ0n) is 10.8. The van der Waals surface area contributed by atoms with E-state index in [0.29, 0.717) is 0 Å². The molecule has 0 aliphatic carbocycles. The van der Waals surface area contributed by atoms with Crippen molar-refractivity contribution >= 4 is 33.2 Å². The molecule has 1 heterocycles. The van der Waals surface area contributed by atoms with Crippen LogP contribution in [0.1, 0.15) is 18.1 Å². The van der Waals surface area contributed by atoms with Crippen LogP contribution in [-0.2, 0) is 11.9 Å². The Kier molecular flexibility index (Phi) is 5.23. The summed E-state index contributed by atoms with van der Waals surface area (Å²) in [7, 11) is 0. The van der Waals surface area contributed by atoms with Crippen LogP contribution in [0.3, 0.4) is 0 Å². The van der Waals surface area contributed by atoms with Crippen molar-refractivity contribution in [3.8, 4) is 0 Å². The molecule has 4 heteroatoms. The van der Waals surface area contributed by atoms with Crippen LogP contribution >= 0.6 is 27.5 Å². The van der Waals surface area contributed by atoms with E-state index < -0.39 is 0 Å². The molecule has 1 aromatic carbocycles. The average Bonchev–Trinajstić information content (AvgIpc) is 2.46. The van der Waals surface area contributed by atoms with Crippen LogP contribution in [0.2, 0.25) is 5.02 Å². The van der Waals surface area contributed by atoms with Gasteiger partial charge in [-0.15, -0.1) is 0 Å². The molecule has 0 unspecified atom stereocenters. The number of hydrogen-bond donors (Lipinski definition) is 0. The molecule has 0 aliphatic heterocycles. The van der Waals surface area contributed by atoms with Crippen molar-refractivity contribution < 1.29 is 0 Å². The summed E-state index contributed by atoms with van der Waals surface area (Å²) >= 11 is 9.66. The van der Waals surface area contributed by atoms with Gasteiger partial charge in [-0.3, -0.25) is 4.98 Å². The number of pyridine rings is 1. The summed E-state index contributed by atoms with van der Waals surface area (Å²) in [4.78, 5) is 6.37. The number of alkyl halides is 1. The number of aromatic nitrogens is 1. The van der Waals surface area contributed by atoms with Crippen LogP contribution in [0.4, 0.5) is 5.69 Å². The van der Waals surface area contributed by atoms with Gasteiger partial charge in [0.1, 0.15) is 0 Å². The minimum absolute atomic E-state index is 0.771. The van der Waals surface area contributed by atoms with Gasteiger partial charge in [-0.25, -0.2) is 0 Å². The van der Waals surface area contributed by atoms with E-state index in [-0.39, 0.29) is 0 Å². The fourth-order valence-corrected chi connectivity index (χ4v) is 2.66. The quantitative estimate of drug-likeness (QED) is 0.737. The number of halogens is 2. The van der Waals surface area contributed by atoms with Crippen LogP contribution < -0.4 is 4.90 Å². The lowest BCUT2D eigenvalue weighted by molar-refractivity contribution is 0.826. The maximum atomic E-state index is 6.13. The van der Waals surface area contributed by atoms with Gasteiger partial charge < -0.3 is 4.90 Å². The lowest BCUT2D eigenvalue weighted by Crippen LogP contribution is -2.23. The van der Waals surface area contributed by atoms with E-state index in [9.17, 15) is 0 Å². The third-order valence-corrected chi connectivity index (χ3v) is 3.88. The van der Waals surface area contributed by atoms with Crippen molar-refractivity contribution in [1.29, 1.82) is 0 Å². The summed E-state index contributed by atoms with van der Waals surface area (Å²) in [6.07, 6.45) is 3.65. The van der Waals surface area contributed by atoms with Crippen LogP contribution in [0, 0.1) is 0 Å². The highest BCUT2D eigenvalue weighted by molar-refractivity contribution is 9.08. The van der Waals surface area contributed by atoms with E-state index in [0.717, 1.165) is 23.4 Å². The van der Waals surface area contributed by atoms with E-state index >= 15 is 0 Å². The molecule has 0 bridgehead atoms. The summed E-state index contributed by atoms with van der Waals surface area (Å²) in [6, 6.07) is 10.1. The topological polar surface area (TPSA) is 16.1 Å². The molecule has 2 aromatic rings. The van der Waals surface area contributed by atoms with Crippen molar-refractivity contribution in [3.05, 3.63) is 58.9 Å². The van der Waals surface area contributed by atoms with Crippen molar-refractivity contribution in [1.82, 2.24) is 4.98 Å². The van der Waals surface area contributed by atoms with Gasteiger partial charge in [-0.05, 0) is 42.3 Å². The fraction of sp³-hybridized carbons (Fsp3) is 0.267. The second-order valence-corrected chi connectivity index (χ2v) is 5.27.